The maximum atomic E-state index is 12.4. The molecule has 0 aromatic carbocycles. The Morgan fingerprint density at radius 1 is 1.16 bits per heavy atom. The number of ether oxygens (including phenoxy) is 1. The number of pyridine rings is 2. The van der Waals surface area contributed by atoms with Gasteiger partial charge in [-0.1, -0.05) is 12.1 Å². The van der Waals surface area contributed by atoms with Crippen LogP contribution in [0, 0.1) is 0 Å². The van der Waals surface area contributed by atoms with Gasteiger partial charge in [-0.25, -0.2) is 0 Å². The van der Waals surface area contributed by atoms with Crippen LogP contribution in [-0.4, -0.2) is 74.9 Å². The number of aliphatic hydroxyl groups is 1. The average Bonchev–Trinajstić information content (AvgIpc) is 3.28. The van der Waals surface area contributed by atoms with Crippen LogP contribution < -0.4 is 10.6 Å². The second-order valence-corrected chi connectivity index (χ2v) is 9.54. The van der Waals surface area contributed by atoms with Crippen LogP contribution in [0.15, 0.2) is 60.6 Å². The number of hydrogen-bond acceptors (Lipinski definition) is 8. The molecule has 10 nitrogen and oxygen atoms in total. The maximum absolute atomic E-state index is 12.4. The van der Waals surface area contributed by atoms with E-state index in [1.807, 2.05) is 41.3 Å². The SMILES string of the molecule is CC1=CN(C2CC(O)C(CNC(=O)CCCCN(Cc3ccccn3)Cc3ccccn3)O2)CNC1=O. The molecule has 2 aromatic heterocycles. The Kier molecular flexibility index (Phi) is 9.58. The molecule has 1 fully saturated rings. The normalized spacial score (nSPS) is 21.6. The lowest BCUT2D eigenvalue weighted by Gasteiger charge is -2.31. The van der Waals surface area contributed by atoms with Crippen molar-refractivity contribution in [1.82, 2.24) is 30.4 Å². The van der Waals surface area contributed by atoms with Gasteiger partial charge in [-0.15, -0.1) is 0 Å². The number of rotatable bonds is 12. The highest BCUT2D eigenvalue weighted by molar-refractivity contribution is 5.93. The summed E-state index contributed by atoms with van der Waals surface area (Å²) in [7, 11) is 0. The van der Waals surface area contributed by atoms with Gasteiger partial charge in [-0.05, 0) is 50.6 Å². The van der Waals surface area contributed by atoms with Gasteiger partial charge in [0.2, 0.25) is 11.8 Å². The molecule has 2 amide bonds. The number of aliphatic hydroxyl groups excluding tert-OH is 1. The number of carbonyl (C=O) groups is 2. The number of unbranched alkanes of at least 4 members (excludes halogenated alkanes) is 1. The minimum Gasteiger partial charge on any atom is -0.390 e. The average molecular weight is 509 g/mol. The van der Waals surface area contributed by atoms with Crippen molar-refractivity contribution in [2.45, 2.75) is 64.1 Å². The Bertz CT molecular complexity index is 1010. The highest BCUT2D eigenvalue weighted by atomic mass is 16.5. The van der Waals surface area contributed by atoms with Crippen molar-refractivity contribution in [1.29, 1.82) is 0 Å². The summed E-state index contributed by atoms with van der Waals surface area (Å²) < 4.78 is 5.96. The van der Waals surface area contributed by atoms with Gasteiger partial charge < -0.3 is 25.4 Å². The van der Waals surface area contributed by atoms with Crippen LogP contribution >= 0.6 is 0 Å². The largest absolute Gasteiger partial charge is 0.390 e. The van der Waals surface area contributed by atoms with E-state index in [-0.39, 0.29) is 24.6 Å². The van der Waals surface area contributed by atoms with Gasteiger partial charge in [-0.2, -0.15) is 0 Å². The fraction of sp³-hybridized carbons (Fsp3) is 0.481. The predicted molar refractivity (Wildman–Crippen MR) is 137 cm³/mol. The van der Waals surface area contributed by atoms with Gasteiger partial charge in [0.1, 0.15) is 12.3 Å². The van der Waals surface area contributed by atoms with E-state index in [1.54, 1.807) is 25.5 Å². The van der Waals surface area contributed by atoms with E-state index >= 15 is 0 Å². The highest BCUT2D eigenvalue weighted by Crippen LogP contribution is 2.24. The zero-order valence-corrected chi connectivity index (χ0v) is 21.3. The van der Waals surface area contributed by atoms with E-state index in [9.17, 15) is 14.7 Å². The Morgan fingerprint density at radius 3 is 2.49 bits per heavy atom. The maximum Gasteiger partial charge on any atom is 0.249 e. The molecule has 10 heteroatoms. The van der Waals surface area contributed by atoms with Gasteiger partial charge in [-0.3, -0.25) is 24.5 Å². The second-order valence-electron chi connectivity index (χ2n) is 9.54. The van der Waals surface area contributed by atoms with E-state index in [0.29, 0.717) is 25.1 Å². The van der Waals surface area contributed by atoms with Gasteiger partial charge in [0.25, 0.3) is 0 Å². The number of hydrogen-bond donors (Lipinski definition) is 3. The molecule has 4 rings (SSSR count). The van der Waals surface area contributed by atoms with Crippen molar-refractivity contribution in [3.05, 3.63) is 72.0 Å². The Balaban J connectivity index is 1.18. The fourth-order valence-corrected chi connectivity index (χ4v) is 4.52. The van der Waals surface area contributed by atoms with E-state index in [1.165, 1.54) is 0 Å². The van der Waals surface area contributed by atoms with Crippen LogP contribution in [0.25, 0.3) is 0 Å². The number of carbonyl (C=O) groups excluding carboxylic acids is 2. The molecule has 0 saturated carbocycles. The van der Waals surface area contributed by atoms with Crippen molar-refractivity contribution in [3.8, 4) is 0 Å². The first-order valence-corrected chi connectivity index (χ1v) is 12.8. The number of nitrogens with zero attached hydrogens (tertiary/aromatic N) is 4. The van der Waals surface area contributed by atoms with Crippen molar-refractivity contribution in [3.63, 3.8) is 0 Å². The number of aromatic nitrogens is 2. The van der Waals surface area contributed by atoms with Crippen molar-refractivity contribution in [2.75, 3.05) is 19.8 Å². The molecule has 3 atom stereocenters. The van der Waals surface area contributed by atoms with Crippen LogP contribution in [0.4, 0.5) is 0 Å². The summed E-state index contributed by atoms with van der Waals surface area (Å²) in [6, 6.07) is 11.8. The molecular formula is C27H36N6O4. The predicted octanol–water partition coefficient (Wildman–Crippen LogP) is 1.53. The van der Waals surface area contributed by atoms with Crippen LogP contribution in [0.3, 0.4) is 0 Å². The lowest BCUT2D eigenvalue weighted by atomic mass is 10.1. The summed E-state index contributed by atoms with van der Waals surface area (Å²) in [4.78, 5) is 37.1. The van der Waals surface area contributed by atoms with Crippen LogP contribution in [-0.2, 0) is 27.4 Å². The second kappa shape index (κ2) is 13.3. The third-order valence-corrected chi connectivity index (χ3v) is 6.57. The smallest absolute Gasteiger partial charge is 0.249 e. The van der Waals surface area contributed by atoms with E-state index in [4.69, 9.17) is 4.74 Å². The first-order valence-electron chi connectivity index (χ1n) is 12.8. The van der Waals surface area contributed by atoms with Crippen LogP contribution in [0.5, 0.6) is 0 Å². The molecule has 198 valence electrons. The van der Waals surface area contributed by atoms with Crippen LogP contribution in [0.1, 0.15) is 44.0 Å². The molecule has 1 saturated heterocycles. The van der Waals surface area contributed by atoms with Crippen LogP contribution in [0.2, 0.25) is 0 Å². The molecule has 0 radical (unpaired) electrons. The standard InChI is InChI=1S/C27H36N6O4/c1-20-16-33(19-31-27(20)36)26-14-23(34)24(37-26)15-30-25(35)10-4-7-13-32(17-21-8-2-5-11-28-21)18-22-9-3-6-12-29-22/h2-3,5-6,8-9,11-12,16,23-24,26,34H,4,7,10,13-15,17-19H2,1H3,(H,30,35)(H,31,36). The summed E-state index contributed by atoms with van der Waals surface area (Å²) in [5.74, 6) is -0.156. The van der Waals surface area contributed by atoms with Gasteiger partial charge >= 0.3 is 0 Å². The summed E-state index contributed by atoms with van der Waals surface area (Å²) in [5.41, 5.74) is 2.60. The lowest BCUT2D eigenvalue weighted by Crippen LogP contribution is -2.45. The summed E-state index contributed by atoms with van der Waals surface area (Å²) in [5, 5.41) is 16.1. The summed E-state index contributed by atoms with van der Waals surface area (Å²) in [6.45, 7) is 4.59. The molecule has 2 aromatic rings. The molecule has 3 N–H and O–H groups in total. The molecular weight excluding hydrogens is 472 g/mol. The van der Waals surface area contributed by atoms with E-state index < -0.39 is 12.2 Å². The molecule has 0 spiro atoms. The first-order chi connectivity index (χ1) is 18.0. The van der Waals surface area contributed by atoms with Gasteiger partial charge in [0.15, 0.2) is 0 Å². The number of nitrogens with one attached hydrogen (secondary N) is 2. The molecule has 0 aliphatic carbocycles. The Labute approximate surface area is 217 Å². The quantitative estimate of drug-likeness (QED) is 0.370. The van der Waals surface area contributed by atoms with Gasteiger partial charge in [0.05, 0.1) is 24.2 Å². The number of amides is 2. The molecule has 0 bridgehead atoms. The monoisotopic (exact) mass is 508 g/mol. The first kappa shape index (κ1) is 26.7. The summed E-state index contributed by atoms with van der Waals surface area (Å²) >= 11 is 0. The molecule has 37 heavy (non-hydrogen) atoms. The van der Waals surface area contributed by atoms with Gasteiger partial charge in [0, 0.05) is 56.6 Å². The minimum atomic E-state index is -0.677. The zero-order valence-electron chi connectivity index (χ0n) is 21.3. The van der Waals surface area contributed by atoms with Crippen molar-refractivity contribution >= 4 is 11.8 Å². The molecule has 2 aliphatic heterocycles. The highest BCUT2D eigenvalue weighted by Gasteiger charge is 2.37. The third-order valence-electron chi connectivity index (χ3n) is 6.57. The molecule has 3 unspecified atom stereocenters. The van der Waals surface area contributed by atoms with Crippen molar-refractivity contribution < 1.29 is 19.4 Å². The topological polar surface area (TPSA) is 120 Å². The van der Waals surface area contributed by atoms with Crippen molar-refractivity contribution in [2.24, 2.45) is 0 Å². The fourth-order valence-electron chi connectivity index (χ4n) is 4.52. The Morgan fingerprint density at radius 2 is 1.86 bits per heavy atom. The zero-order chi connectivity index (χ0) is 26.0. The van der Waals surface area contributed by atoms with E-state index in [2.05, 4.69) is 25.5 Å². The summed E-state index contributed by atoms with van der Waals surface area (Å²) in [6.07, 6.45) is 6.30. The van der Waals surface area contributed by atoms with E-state index in [0.717, 1.165) is 43.9 Å². The minimum absolute atomic E-state index is 0.0544. The third kappa shape index (κ3) is 8.08. The Hall–Kier alpha value is -3.34. The molecule has 2 aliphatic rings. The lowest BCUT2D eigenvalue weighted by molar-refractivity contribution is -0.123. The molecule has 4 heterocycles.